The molecule has 0 spiro atoms. The first-order chi connectivity index (χ1) is 14.5. The van der Waals surface area contributed by atoms with Crippen molar-refractivity contribution in [1.29, 1.82) is 0 Å². The number of nitrogens with one attached hydrogen (secondary N) is 1. The number of ether oxygens (including phenoxy) is 1. The molecule has 2 aromatic heterocycles. The summed E-state index contributed by atoms with van der Waals surface area (Å²) in [5, 5.41) is 13.0. The third-order valence-corrected chi connectivity index (χ3v) is 5.59. The molecule has 4 heterocycles. The molecule has 1 fully saturated rings. The molecule has 3 aromatic rings. The number of aryl methyl sites for hydroxylation is 1. The fraction of sp³-hybridized carbons (Fsp3) is 0.300. The third-order valence-electron chi connectivity index (χ3n) is 5.59. The maximum Gasteiger partial charge on any atom is 0.276 e. The molecule has 0 bridgehead atoms. The highest BCUT2D eigenvalue weighted by molar-refractivity contribution is 5.99. The highest BCUT2D eigenvalue weighted by Gasteiger charge is 2.39. The lowest BCUT2D eigenvalue weighted by Gasteiger charge is -2.31. The van der Waals surface area contributed by atoms with Crippen molar-refractivity contribution in [3.8, 4) is 5.75 Å². The molecule has 2 N–H and O–H groups in total. The number of benzene rings is 1. The van der Waals surface area contributed by atoms with E-state index in [9.17, 15) is 19.5 Å². The number of imidazole rings is 1. The first kappa shape index (κ1) is 18.4. The van der Waals surface area contributed by atoms with Gasteiger partial charge >= 0.3 is 0 Å². The van der Waals surface area contributed by atoms with E-state index in [1.54, 1.807) is 0 Å². The Balaban J connectivity index is 1.43. The second-order valence-corrected chi connectivity index (χ2v) is 7.30. The quantitative estimate of drug-likeness (QED) is 0.637. The van der Waals surface area contributed by atoms with E-state index in [-0.39, 0.29) is 24.3 Å². The van der Waals surface area contributed by atoms with Crippen molar-refractivity contribution in [2.75, 3.05) is 13.2 Å². The Morgan fingerprint density at radius 2 is 2.13 bits per heavy atom. The molecule has 10 nitrogen and oxygen atoms in total. The van der Waals surface area contributed by atoms with Gasteiger partial charge in [-0.05, 0) is 12.1 Å². The number of amides is 2. The van der Waals surface area contributed by atoms with Gasteiger partial charge in [-0.2, -0.15) is 0 Å². The number of hydrogen-bond acceptors (Lipinski definition) is 6. The van der Waals surface area contributed by atoms with Gasteiger partial charge in [0.1, 0.15) is 11.4 Å². The summed E-state index contributed by atoms with van der Waals surface area (Å²) >= 11 is 0. The van der Waals surface area contributed by atoms with E-state index in [2.05, 4.69) is 10.3 Å². The number of carbonyl (C=O) groups is 2. The fourth-order valence-electron chi connectivity index (χ4n) is 4.00. The SMILES string of the molecule is Cn1c(CNC(=O)c2cn3c(c(O)c2=O)C(=O)N2CCOC2C3)nc2ccccc21. The summed E-state index contributed by atoms with van der Waals surface area (Å²) in [5.41, 5.74) is 0.488. The number of nitrogens with zero attached hydrogens (tertiary/aromatic N) is 4. The van der Waals surface area contributed by atoms with Crippen molar-refractivity contribution in [1.82, 2.24) is 24.3 Å². The van der Waals surface area contributed by atoms with E-state index in [0.29, 0.717) is 19.0 Å². The van der Waals surface area contributed by atoms with E-state index < -0.39 is 29.2 Å². The second kappa shape index (κ2) is 6.70. The lowest BCUT2D eigenvalue weighted by atomic mass is 10.1. The average Bonchev–Trinajstić information content (AvgIpc) is 3.34. The minimum Gasteiger partial charge on any atom is -0.503 e. The van der Waals surface area contributed by atoms with Crippen molar-refractivity contribution in [3.63, 3.8) is 0 Å². The summed E-state index contributed by atoms with van der Waals surface area (Å²) in [6.07, 6.45) is 0.835. The number of aromatic hydroxyl groups is 1. The van der Waals surface area contributed by atoms with Gasteiger partial charge in [0.15, 0.2) is 17.7 Å². The van der Waals surface area contributed by atoms with Gasteiger partial charge in [0.25, 0.3) is 11.8 Å². The van der Waals surface area contributed by atoms with Crippen LogP contribution in [0.4, 0.5) is 0 Å². The summed E-state index contributed by atoms with van der Waals surface area (Å²) in [6, 6.07) is 7.58. The van der Waals surface area contributed by atoms with Gasteiger partial charge in [0, 0.05) is 19.8 Å². The largest absolute Gasteiger partial charge is 0.503 e. The van der Waals surface area contributed by atoms with Crippen molar-refractivity contribution in [2.45, 2.75) is 19.3 Å². The van der Waals surface area contributed by atoms with Gasteiger partial charge in [-0.25, -0.2) is 4.98 Å². The predicted molar refractivity (Wildman–Crippen MR) is 105 cm³/mol. The Morgan fingerprint density at radius 1 is 1.33 bits per heavy atom. The number of pyridine rings is 1. The van der Waals surface area contributed by atoms with Crippen LogP contribution in [0.1, 0.15) is 26.7 Å². The number of carbonyl (C=O) groups excluding carboxylic acids is 2. The predicted octanol–water partition coefficient (Wildman–Crippen LogP) is 0.183. The summed E-state index contributed by atoms with van der Waals surface area (Å²) < 4.78 is 8.79. The van der Waals surface area contributed by atoms with E-state index in [4.69, 9.17) is 4.74 Å². The van der Waals surface area contributed by atoms with Crippen molar-refractivity contribution in [2.24, 2.45) is 7.05 Å². The molecule has 0 radical (unpaired) electrons. The van der Waals surface area contributed by atoms with Gasteiger partial charge < -0.3 is 29.2 Å². The van der Waals surface area contributed by atoms with Gasteiger partial charge in [0.2, 0.25) is 5.43 Å². The second-order valence-electron chi connectivity index (χ2n) is 7.30. The monoisotopic (exact) mass is 409 g/mol. The van der Waals surface area contributed by atoms with Gasteiger partial charge in [-0.3, -0.25) is 14.4 Å². The molecule has 10 heteroatoms. The van der Waals surface area contributed by atoms with Crippen LogP contribution >= 0.6 is 0 Å². The smallest absolute Gasteiger partial charge is 0.276 e. The van der Waals surface area contributed by atoms with Crippen LogP contribution in [0, 0.1) is 0 Å². The lowest BCUT2D eigenvalue weighted by Crippen LogP contribution is -2.46. The molecule has 1 atom stereocenters. The number of para-hydroxylation sites is 2. The summed E-state index contributed by atoms with van der Waals surface area (Å²) in [4.78, 5) is 43.9. The highest BCUT2D eigenvalue weighted by atomic mass is 16.5. The molecule has 30 heavy (non-hydrogen) atoms. The van der Waals surface area contributed by atoms with Crippen LogP contribution in [0.2, 0.25) is 0 Å². The minimum absolute atomic E-state index is 0.102. The third kappa shape index (κ3) is 2.68. The summed E-state index contributed by atoms with van der Waals surface area (Å²) in [6.45, 7) is 1.13. The van der Waals surface area contributed by atoms with Crippen molar-refractivity contribution in [3.05, 3.63) is 57.8 Å². The zero-order valence-electron chi connectivity index (χ0n) is 16.2. The summed E-state index contributed by atoms with van der Waals surface area (Å²) in [7, 11) is 1.84. The van der Waals surface area contributed by atoms with E-state index >= 15 is 0 Å². The first-order valence-electron chi connectivity index (χ1n) is 9.53. The minimum atomic E-state index is -0.879. The number of hydrogen-bond donors (Lipinski definition) is 2. The lowest BCUT2D eigenvalue weighted by molar-refractivity contribution is 0.00845. The Morgan fingerprint density at radius 3 is 2.93 bits per heavy atom. The van der Waals surface area contributed by atoms with Crippen LogP contribution in [0.25, 0.3) is 11.0 Å². The van der Waals surface area contributed by atoms with E-state index in [1.807, 2.05) is 35.9 Å². The van der Waals surface area contributed by atoms with Crippen LogP contribution in [-0.4, -0.2) is 55.3 Å². The molecule has 2 aliphatic heterocycles. The molecule has 0 aliphatic carbocycles. The molecule has 1 unspecified atom stereocenters. The fourth-order valence-corrected chi connectivity index (χ4v) is 4.00. The highest BCUT2D eigenvalue weighted by Crippen LogP contribution is 2.26. The van der Waals surface area contributed by atoms with Crippen LogP contribution in [0.5, 0.6) is 5.75 Å². The Bertz CT molecular complexity index is 1260. The van der Waals surface area contributed by atoms with Crippen LogP contribution in [-0.2, 0) is 24.9 Å². The Hall–Kier alpha value is -3.66. The molecule has 1 saturated heterocycles. The van der Waals surface area contributed by atoms with Crippen LogP contribution in [0.15, 0.2) is 35.3 Å². The Kier molecular flexibility index (Phi) is 4.10. The molecule has 5 rings (SSSR count). The van der Waals surface area contributed by atoms with Gasteiger partial charge in [-0.15, -0.1) is 0 Å². The zero-order chi connectivity index (χ0) is 21.0. The molecule has 1 aromatic carbocycles. The molecular weight excluding hydrogens is 390 g/mol. The van der Waals surface area contributed by atoms with Crippen LogP contribution in [0.3, 0.4) is 0 Å². The maximum atomic E-state index is 12.7. The Labute approximate surface area is 170 Å². The normalized spacial score (nSPS) is 17.8. The van der Waals surface area contributed by atoms with Gasteiger partial charge in [0.05, 0.1) is 30.7 Å². The van der Waals surface area contributed by atoms with Gasteiger partial charge in [-0.1, -0.05) is 12.1 Å². The maximum absolute atomic E-state index is 12.7. The van der Waals surface area contributed by atoms with E-state index in [0.717, 1.165) is 11.0 Å². The molecule has 2 aliphatic rings. The average molecular weight is 409 g/mol. The summed E-state index contributed by atoms with van der Waals surface area (Å²) in [5.74, 6) is -1.23. The zero-order valence-corrected chi connectivity index (χ0v) is 16.2. The molecule has 2 amide bonds. The van der Waals surface area contributed by atoms with E-state index in [1.165, 1.54) is 15.7 Å². The number of aromatic nitrogens is 3. The van der Waals surface area contributed by atoms with Crippen LogP contribution < -0.4 is 10.7 Å². The molecular formula is C20H19N5O5. The molecule has 0 saturated carbocycles. The number of fused-ring (bicyclic) bond motifs is 3. The molecule has 154 valence electrons. The standard InChI is InChI=1S/C20H19N5O5/c1-23-13-5-3-2-4-12(13)22-14(23)8-21-19(28)11-9-24-10-15-25(6-7-30-15)20(29)16(24)18(27)17(11)26/h2-5,9,15,27H,6-8,10H2,1H3,(H,21,28). The topological polar surface area (TPSA) is 119 Å². The first-order valence-corrected chi connectivity index (χ1v) is 9.53. The van der Waals surface area contributed by atoms with Crippen molar-refractivity contribution >= 4 is 22.8 Å². The van der Waals surface area contributed by atoms with Crippen molar-refractivity contribution < 1.29 is 19.4 Å². The number of rotatable bonds is 3.